The molecule has 0 bridgehead atoms. The predicted molar refractivity (Wildman–Crippen MR) is 66.4 cm³/mol. The second-order valence-corrected chi connectivity index (χ2v) is 4.84. The molecular weight excluding hydrogens is 236 g/mol. The van der Waals surface area contributed by atoms with E-state index in [1.165, 1.54) is 0 Å². The summed E-state index contributed by atoms with van der Waals surface area (Å²) in [6.45, 7) is 3.58. The molecular formula is C12H22N2O4. The molecule has 1 aliphatic rings. The second-order valence-electron chi connectivity index (χ2n) is 4.84. The number of aliphatic carboxylic acids is 1. The van der Waals surface area contributed by atoms with Crippen LogP contribution in [-0.2, 0) is 9.53 Å². The van der Waals surface area contributed by atoms with Crippen LogP contribution in [-0.4, -0.2) is 54.9 Å². The Morgan fingerprint density at radius 2 is 2.06 bits per heavy atom. The monoisotopic (exact) mass is 258 g/mol. The maximum atomic E-state index is 11.9. The summed E-state index contributed by atoms with van der Waals surface area (Å²) in [5.74, 6) is -0.899. The van der Waals surface area contributed by atoms with E-state index in [-0.39, 0.29) is 24.4 Å². The molecule has 18 heavy (non-hydrogen) atoms. The van der Waals surface area contributed by atoms with Crippen molar-refractivity contribution in [2.45, 2.75) is 32.2 Å². The van der Waals surface area contributed by atoms with Gasteiger partial charge in [0.1, 0.15) is 0 Å². The van der Waals surface area contributed by atoms with Crippen molar-refractivity contribution >= 4 is 12.0 Å². The summed E-state index contributed by atoms with van der Waals surface area (Å²) in [5, 5.41) is 11.4. The van der Waals surface area contributed by atoms with Crippen molar-refractivity contribution in [1.29, 1.82) is 0 Å². The average molecular weight is 258 g/mol. The molecule has 1 atom stereocenters. The molecule has 1 heterocycles. The Morgan fingerprint density at radius 1 is 1.44 bits per heavy atom. The summed E-state index contributed by atoms with van der Waals surface area (Å²) in [5.41, 5.74) is 0. The van der Waals surface area contributed by atoms with Gasteiger partial charge in [0.25, 0.3) is 0 Å². The number of carbonyl (C=O) groups is 2. The van der Waals surface area contributed by atoms with E-state index in [2.05, 4.69) is 5.32 Å². The zero-order valence-electron chi connectivity index (χ0n) is 11.0. The molecule has 0 saturated carbocycles. The highest BCUT2D eigenvalue weighted by Crippen LogP contribution is 2.12. The SMILES string of the molecule is CC(CNC(=O)N(C)C1CCOCC1)CC(=O)O. The van der Waals surface area contributed by atoms with Crippen LogP contribution in [0.3, 0.4) is 0 Å². The minimum atomic E-state index is -0.838. The van der Waals surface area contributed by atoms with Gasteiger partial charge < -0.3 is 20.1 Å². The van der Waals surface area contributed by atoms with Crippen LogP contribution in [0.2, 0.25) is 0 Å². The zero-order chi connectivity index (χ0) is 13.5. The van der Waals surface area contributed by atoms with Gasteiger partial charge in [0, 0.05) is 39.3 Å². The first-order valence-corrected chi connectivity index (χ1v) is 6.31. The third-order valence-electron chi connectivity index (χ3n) is 3.18. The number of carboxylic acids is 1. The molecule has 6 heteroatoms. The number of urea groups is 1. The number of carboxylic acid groups (broad SMARTS) is 1. The highest BCUT2D eigenvalue weighted by molar-refractivity contribution is 5.74. The van der Waals surface area contributed by atoms with Crippen molar-refractivity contribution < 1.29 is 19.4 Å². The smallest absolute Gasteiger partial charge is 0.317 e. The fourth-order valence-corrected chi connectivity index (χ4v) is 1.99. The number of carbonyl (C=O) groups excluding carboxylic acids is 1. The van der Waals surface area contributed by atoms with Crippen LogP contribution >= 0.6 is 0 Å². The molecule has 0 radical (unpaired) electrons. The lowest BCUT2D eigenvalue weighted by atomic mass is 10.1. The topological polar surface area (TPSA) is 78.9 Å². The van der Waals surface area contributed by atoms with Crippen LogP contribution < -0.4 is 5.32 Å². The van der Waals surface area contributed by atoms with Gasteiger partial charge in [-0.1, -0.05) is 6.92 Å². The molecule has 1 unspecified atom stereocenters. The van der Waals surface area contributed by atoms with E-state index >= 15 is 0 Å². The Morgan fingerprint density at radius 3 is 2.61 bits per heavy atom. The lowest BCUT2D eigenvalue weighted by molar-refractivity contribution is -0.137. The van der Waals surface area contributed by atoms with Crippen LogP contribution in [0.1, 0.15) is 26.2 Å². The first-order valence-electron chi connectivity index (χ1n) is 6.31. The number of hydrogen-bond acceptors (Lipinski definition) is 3. The van der Waals surface area contributed by atoms with E-state index in [1.54, 1.807) is 11.9 Å². The van der Waals surface area contributed by atoms with Crippen molar-refractivity contribution in [1.82, 2.24) is 10.2 Å². The average Bonchev–Trinajstić information content (AvgIpc) is 2.35. The number of hydrogen-bond donors (Lipinski definition) is 2. The minimum Gasteiger partial charge on any atom is -0.481 e. The Bertz CT molecular complexity index is 290. The minimum absolute atomic E-state index is 0.0606. The predicted octanol–water partition coefficient (Wildman–Crippen LogP) is 0.918. The van der Waals surface area contributed by atoms with Gasteiger partial charge in [-0.3, -0.25) is 4.79 Å². The van der Waals surface area contributed by atoms with Gasteiger partial charge in [0.2, 0.25) is 0 Å². The number of amides is 2. The summed E-state index contributed by atoms with van der Waals surface area (Å²) in [7, 11) is 1.77. The fraction of sp³-hybridized carbons (Fsp3) is 0.833. The van der Waals surface area contributed by atoms with Gasteiger partial charge in [-0.05, 0) is 18.8 Å². The summed E-state index contributed by atoms with van der Waals surface area (Å²) in [6, 6.07) is 0.0765. The molecule has 0 aliphatic carbocycles. The van der Waals surface area contributed by atoms with Gasteiger partial charge in [0.15, 0.2) is 0 Å². The van der Waals surface area contributed by atoms with Gasteiger partial charge in [0.05, 0.1) is 0 Å². The summed E-state index contributed by atoms with van der Waals surface area (Å²) >= 11 is 0. The molecule has 1 rings (SSSR count). The van der Waals surface area contributed by atoms with E-state index in [0.29, 0.717) is 19.8 Å². The highest BCUT2D eigenvalue weighted by Gasteiger charge is 2.22. The lowest BCUT2D eigenvalue weighted by Gasteiger charge is -2.31. The van der Waals surface area contributed by atoms with Crippen LogP contribution in [0.15, 0.2) is 0 Å². The van der Waals surface area contributed by atoms with Crippen molar-refractivity contribution in [3.05, 3.63) is 0 Å². The molecule has 1 fully saturated rings. The Kier molecular flexibility index (Phi) is 5.91. The third-order valence-corrected chi connectivity index (χ3v) is 3.18. The number of nitrogens with zero attached hydrogens (tertiary/aromatic N) is 1. The Labute approximate surface area is 107 Å². The normalized spacial score (nSPS) is 18.1. The van der Waals surface area contributed by atoms with Gasteiger partial charge >= 0.3 is 12.0 Å². The fourth-order valence-electron chi connectivity index (χ4n) is 1.99. The molecule has 0 aromatic heterocycles. The van der Waals surface area contributed by atoms with Crippen molar-refractivity contribution in [3.63, 3.8) is 0 Å². The van der Waals surface area contributed by atoms with E-state index in [0.717, 1.165) is 12.8 Å². The molecule has 2 amide bonds. The Hall–Kier alpha value is -1.30. The van der Waals surface area contributed by atoms with E-state index < -0.39 is 5.97 Å². The van der Waals surface area contributed by atoms with Gasteiger partial charge in [-0.15, -0.1) is 0 Å². The lowest BCUT2D eigenvalue weighted by Crippen LogP contribution is -2.46. The number of ether oxygens (including phenoxy) is 1. The standard InChI is InChI=1S/C12H22N2O4/c1-9(7-11(15)16)8-13-12(17)14(2)10-3-5-18-6-4-10/h9-10H,3-8H2,1-2H3,(H,13,17)(H,15,16). The van der Waals surface area contributed by atoms with Gasteiger partial charge in [-0.25, -0.2) is 4.79 Å². The molecule has 1 saturated heterocycles. The van der Waals surface area contributed by atoms with Crippen LogP contribution in [0.5, 0.6) is 0 Å². The second kappa shape index (κ2) is 7.20. The summed E-state index contributed by atoms with van der Waals surface area (Å²) in [4.78, 5) is 24.0. The van der Waals surface area contributed by atoms with E-state index in [9.17, 15) is 9.59 Å². The largest absolute Gasteiger partial charge is 0.481 e. The number of rotatable bonds is 5. The molecule has 0 aromatic rings. The molecule has 104 valence electrons. The molecule has 2 N–H and O–H groups in total. The summed E-state index contributed by atoms with van der Waals surface area (Å²) < 4.78 is 5.25. The first-order chi connectivity index (χ1) is 8.50. The van der Waals surface area contributed by atoms with Crippen molar-refractivity contribution in [3.8, 4) is 0 Å². The molecule has 6 nitrogen and oxygen atoms in total. The first kappa shape index (κ1) is 14.8. The van der Waals surface area contributed by atoms with E-state index in [4.69, 9.17) is 9.84 Å². The summed E-state index contributed by atoms with van der Waals surface area (Å²) in [6.07, 6.45) is 1.78. The quantitative estimate of drug-likeness (QED) is 0.768. The highest BCUT2D eigenvalue weighted by atomic mass is 16.5. The van der Waals surface area contributed by atoms with Crippen molar-refractivity contribution in [2.24, 2.45) is 5.92 Å². The van der Waals surface area contributed by atoms with Crippen LogP contribution in [0.25, 0.3) is 0 Å². The maximum absolute atomic E-state index is 11.9. The zero-order valence-corrected chi connectivity index (χ0v) is 11.0. The molecule has 0 spiro atoms. The van der Waals surface area contributed by atoms with Crippen molar-refractivity contribution in [2.75, 3.05) is 26.8 Å². The van der Waals surface area contributed by atoms with Crippen LogP contribution in [0.4, 0.5) is 4.79 Å². The molecule has 1 aliphatic heterocycles. The van der Waals surface area contributed by atoms with Gasteiger partial charge in [-0.2, -0.15) is 0 Å². The van der Waals surface area contributed by atoms with Crippen LogP contribution in [0, 0.1) is 5.92 Å². The maximum Gasteiger partial charge on any atom is 0.317 e. The molecule has 0 aromatic carbocycles. The number of nitrogens with one attached hydrogen (secondary N) is 1. The third kappa shape index (κ3) is 4.91. The Balaban J connectivity index is 2.28. The van der Waals surface area contributed by atoms with E-state index in [1.807, 2.05) is 6.92 Å².